The molecule has 0 N–H and O–H groups in total. The van der Waals surface area contributed by atoms with E-state index in [9.17, 15) is 0 Å². The average molecular weight is 325 g/mol. The molecule has 0 saturated carbocycles. The van der Waals surface area contributed by atoms with E-state index in [4.69, 9.17) is 11.6 Å². The standard InChI is InChI=1S/C22H25Cl/c1-5-8-10-21-18(9-6-2)14-19(15-22(21)23)20-12-11-16(4)13-17(20)7-3/h5,7-13,19H,1,3,6,14-15H2,2,4H3/b10-8-,18-9-. The largest absolute Gasteiger partial charge is 0.0991 e. The summed E-state index contributed by atoms with van der Waals surface area (Å²) in [5.74, 6) is 0.412. The fraction of sp³-hybridized carbons (Fsp3) is 0.273. The van der Waals surface area contributed by atoms with Gasteiger partial charge in [-0.25, -0.2) is 0 Å². The van der Waals surface area contributed by atoms with Gasteiger partial charge in [0.15, 0.2) is 0 Å². The van der Waals surface area contributed by atoms with Crippen molar-refractivity contribution in [2.24, 2.45) is 0 Å². The molecule has 0 aromatic heterocycles. The minimum atomic E-state index is 0.412. The van der Waals surface area contributed by atoms with Gasteiger partial charge in [0.25, 0.3) is 0 Å². The van der Waals surface area contributed by atoms with Gasteiger partial charge in [-0.15, -0.1) is 0 Å². The van der Waals surface area contributed by atoms with E-state index in [1.54, 1.807) is 6.08 Å². The van der Waals surface area contributed by atoms with Gasteiger partial charge in [-0.2, -0.15) is 0 Å². The molecule has 0 heterocycles. The Morgan fingerprint density at radius 1 is 1.26 bits per heavy atom. The van der Waals surface area contributed by atoms with E-state index in [0.29, 0.717) is 5.92 Å². The average Bonchev–Trinajstić information content (AvgIpc) is 2.54. The van der Waals surface area contributed by atoms with Crippen molar-refractivity contribution < 1.29 is 0 Å². The molecule has 2 rings (SSSR count). The number of aryl methyl sites for hydroxylation is 1. The molecule has 1 unspecified atom stereocenters. The van der Waals surface area contributed by atoms with Crippen LogP contribution in [0.5, 0.6) is 0 Å². The van der Waals surface area contributed by atoms with Crippen molar-refractivity contribution in [1.82, 2.24) is 0 Å². The summed E-state index contributed by atoms with van der Waals surface area (Å²) in [6.45, 7) is 12.0. The highest BCUT2D eigenvalue weighted by Gasteiger charge is 2.25. The first-order valence-electron chi connectivity index (χ1n) is 8.20. The molecule has 1 aliphatic rings. The summed E-state index contributed by atoms with van der Waals surface area (Å²) in [5, 5.41) is 0.939. The zero-order valence-electron chi connectivity index (χ0n) is 14.1. The summed E-state index contributed by atoms with van der Waals surface area (Å²) in [5.41, 5.74) is 6.33. The van der Waals surface area contributed by atoms with Crippen molar-refractivity contribution in [3.05, 3.63) is 88.5 Å². The Labute approximate surface area is 145 Å². The molecule has 1 aliphatic carbocycles. The topological polar surface area (TPSA) is 0 Å². The van der Waals surface area contributed by atoms with Gasteiger partial charge < -0.3 is 0 Å². The fourth-order valence-corrected chi connectivity index (χ4v) is 3.58. The maximum atomic E-state index is 6.65. The van der Waals surface area contributed by atoms with Gasteiger partial charge in [0.2, 0.25) is 0 Å². The number of rotatable bonds is 5. The summed E-state index contributed by atoms with van der Waals surface area (Å²) < 4.78 is 0. The van der Waals surface area contributed by atoms with E-state index in [-0.39, 0.29) is 0 Å². The SMILES string of the molecule is C=C/C=C\C1=C(Cl)CC(c2ccc(C)cc2C=C)C/C1=C/CC. The van der Waals surface area contributed by atoms with Gasteiger partial charge in [0.05, 0.1) is 0 Å². The quantitative estimate of drug-likeness (QED) is 0.507. The van der Waals surface area contributed by atoms with E-state index in [2.05, 4.69) is 57.4 Å². The second-order valence-electron chi connectivity index (χ2n) is 5.99. The summed E-state index contributed by atoms with van der Waals surface area (Å²) in [6, 6.07) is 6.61. The zero-order chi connectivity index (χ0) is 16.8. The third-order valence-corrected chi connectivity index (χ3v) is 4.64. The van der Waals surface area contributed by atoms with Crippen molar-refractivity contribution in [1.29, 1.82) is 0 Å². The highest BCUT2D eigenvalue weighted by atomic mass is 35.5. The van der Waals surface area contributed by atoms with Crippen LogP contribution in [0.15, 0.2) is 71.8 Å². The van der Waals surface area contributed by atoms with E-state index in [0.717, 1.165) is 29.9 Å². The number of benzene rings is 1. The minimum absolute atomic E-state index is 0.412. The number of hydrogen-bond acceptors (Lipinski definition) is 0. The zero-order valence-corrected chi connectivity index (χ0v) is 14.9. The summed E-state index contributed by atoms with van der Waals surface area (Å²) in [6.07, 6.45) is 13.0. The van der Waals surface area contributed by atoms with Crippen LogP contribution in [0.2, 0.25) is 0 Å². The number of allylic oxidation sites excluding steroid dienone is 7. The molecule has 1 aromatic carbocycles. The summed E-state index contributed by atoms with van der Waals surface area (Å²) in [4.78, 5) is 0. The molecule has 0 saturated heterocycles. The summed E-state index contributed by atoms with van der Waals surface area (Å²) in [7, 11) is 0. The molecule has 0 radical (unpaired) electrons. The van der Waals surface area contributed by atoms with Crippen LogP contribution in [0.25, 0.3) is 6.08 Å². The van der Waals surface area contributed by atoms with Crippen molar-refractivity contribution >= 4 is 17.7 Å². The first-order chi connectivity index (χ1) is 11.1. The second kappa shape index (κ2) is 8.17. The number of hydrogen-bond donors (Lipinski definition) is 0. The normalized spacial score (nSPS) is 20.3. The maximum absolute atomic E-state index is 6.65. The van der Waals surface area contributed by atoms with Crippen LogP contribution in [0, 0.1) is 6.92 Å². The van der Waals surface area contributed by atoms with Gasteiger partial charge in [-0.1, -0.05) is 85.8 Å². The van der Waals surface area contributed by atoms with Crippen LogP contribution in [0.3, 0.4) is 0 Å². The lowest BCUT2D eigenvalue weighted by Gasteiger charge is -2.28. The molecule has 0 aliphatic heterocycles. The lowest BCUT2D eigenvalue weighted by Crippen LogP contribution is -2.10. The Kier molecular flexibility index (Phi) is 6.24. The Hall–Kier alpha value is -1.79. The molecule has 0 nitrogen and oxygen atoms in total. The molecule has 0 spiro atoms. The van der Waals surface area contributed by atoms with Gasteiger partial charge in [0, 0.05) is 5.03 Å². The van der Waals surface area contributed by atoms with Crippen LogP contribution in [-0.4, -0.2) is 0 Å². The molecule has 1 aromatic rings. The Morgan fingerprint density at radius 2 is 2.04 bits per heavy atom. The first kappa shape index (κ1) is 17.6. The van der Waals surface area contributed by atoms with Crippen molar-refractivity contribution in [3.8, 4) is 0 Å². The molecular weight excluding hydrogens is 300 g/mol. The van der Waals surface area contributed by atoms with E-state index in [1.165, 1.54) is 22.3 Å². The molecule has 120 valence electrons. The van der Waals surface area contributed by atoms with E-state index >= 15 is 0 Å². The van der Waals surface area contributed by atoms with Crippen molar-refractivity contribution in [2.75, 3.05) is 0 Å². The predicted octanol–water partition coefficient (Wildman–Crippen LogP) is 7.09. The van der Waals surface area contributed by atoms with E-state index in [1.807, 2.05) is 12.2 Å². The lowest BCUT2D eigenvalue weighted by atomic mass is 9.79. The van der Waals surface area contributed by atoms with E-state index < -0.39 is 0 Å². The molecule has 0 amide bonds. The van der Waals surface area contributed by atoms with Crippen LogP contribution >= 0.6 is 11.6 Å². The van der Waals surface area contributed by atoms with Crippen LogP contribution in [0.1, 0.15) is 48.8 Å². The first-order valence-corrected chi connectivity index (χ1v) is 8.58. The number of halogens is 1. The van der Waals surface area contributed by atoms with Crippen molar-refractivity contribution in [2.45, 2.75) is 39.0 Å². The molecule has 1 heteroatoms. The van der Waals surface area contributed by atoms with Gasteiger partial charge in [-0.3, -0.25) is 0 Å². The summed E-state index contributed by atoms with van der Waals surface area (Å²) >= 11 is 6.65. The fourth-order valence-electron chi connectivity index (χ4n) is 3.21. The van der Waals surface area contributed by atoms with Gasteiger partial charge in [0.1, 0.15) is 0 Å². The molecule has 0 bridgehead atoms. The maximum Gasteiger partial charge on any atom is 0.0262 e. The second-order valence-corrected chi connectivity index (χ2v) is 6.45. The highest BCUT2D eigenvalue weighted by Crippen LogP contribution is 2.43. The van der Waals surface area contributed by atoms with Crippen LogP contribution in [-0.2, 0) is 0 Å². The molecule has 23 heavy (non-hydrogen) atoms. The Morgan fingerprint density at radius 3 is 2.70 bits per heavy atom. The lowest BCUT2D eigenvalue weighted by molar-refractivity contribution is 0.662. The smallest absolute Gasteiger partial charge is 0.0262 e. The van der Waals surface area contributed by atoms with Crippen molar-refractivity contribution in [3.63, 3.8) is 0 Å². The molecule has 1 atom stereocenters. The third kappa shape index (κ3) is 4.14. The molecular formula is C22H25Cl. The monoisotopic (exact) mass is 324 g/mol. The van der Waals surface area contributed by atoms with Gasteiger partial charge in [-0.05, 0) is 54.4 Å². The third-order valence-electron chi connectivity index (χ3n) is 4.28. The highest BCUT2D eigenvalue weighted by molar-refractivity contribution is 6.30. The predicted molar refractivity (Wildman–Crippen MR) is 104 cm³/mol. The Balaban J connectivity index is 2.44. The van der Waals surface area contributed by atoms with Crippen LogP contribution in [0.4, 0.5) is 0 Å². The Bertz CT molecular complexity index is 686. The minimum Gasteiger partial charge on any atom is -0.0991 e. The van der Waals surface area contributed by atoms with Crippen LogP contribution < -0.4 is 0 Å². The molecule has 0 fully saturated rings. The van der Waals surface area contributed by atoms with Gasteiger partial charge >= 0.3 is 0 Å².